The topological polar surface area (TPSA) is 58.6 Å². The van der Waals surface area contributed by atoms with E-state index >= 15 is 0 Å². The van der Waals surface area contributed by atoms with E-state index in [9.17, 15) is 9.59 Å². The second-order valence-electron chi connectivity index (χ2n) is 5.26. The Morgan fingerprint density at radius 2 is 2.05 bits per heavy atom. The molecule has 1 heterocycles. The molecule has 1 aromatic carbocycles. The van der Waals surface area contributed by atoms with Crippen molar-refractivity contribution < 1.29 is 14.3 Å². The van der Waals surface area contributed by atoms with E-state index in [1.807, 2.05) is 31.2 Å². The van der Waals surface area contributed by atoms with E-state index in [1.54, 1.807) is 19.1 Å². The van der Waals surface area contributed by atoms with Crippen LogP contribution < -0.4 is 10.1 Å². The molecule has 114 valence electrons. The third-order valence-electron chi connectivity index (χ3n) is 4.01. The monoisotopic (exact) mass is 290 g/mol. The highest BCUT2D eigenvalue weighted by atomic mass is 16.5. The molecule has 2 atom stereocenters. The number of hydrogen-bond donors (Lipinski definition) is 1. The molecule has 5 heteroatoms. The molecule has 0 aromatic heterocycles. The number of nitrogens with one attached hydrogen (secondary N) is 1. The summed E-state index contributed by atoms with van der Waals surface area (Å²) in [5, 5.41) is 2.87. The van der Waals surface area contributed by atoms with Crippen LogP contribution in [0.25, 0.3) is 0 Å². The zero-order valence-electron chi connectivity index (χ0n) is 12.8. The van der Waals surface area contributed by atoms with Gasteiger partial charge >= 0.3 is 0 Å². The van der Waals surface area contributed by atoms with Crippen LogP contribution in [0.5, 0.6) is 5.75 Å². The third-order valence-corrected chi connectivity index (χ3v) is 4.01. The first-order chi connectivity index (χ1) is 10.1. The molecular weight excluding hydrogens is 268 g/mol. The number of piperidine rings is 1. The van der Waals surface area contributed by atoms with Crippen LogP contribution in [0.3, 0.4) is 0 Å². The Bertz CT molecular complexity index is 513. The summed E-state index contributed by atoms with van der Waals surface area (Å²) in [6, 6.07) is 7.34. The van der Waals surface area contributed by atoms with Crippen molar-refractivity contribution in [3.05, 3.63) is 29.8 Å². The van der Waals surface area contributed by atoms with Crippen LogP contribution in [-0.4, -0.2) is 37.4 Å². The van der Waals surface area contributed by atoms with E-state index in [2.05, 4.69) is 5.32 Å². The Morgan fingerprint density at radius 3 is 2.62 bits per heavy atom. The predicted octanol–water partition coefficient (Wildman–Crippen LogP) is 1.74. The van der Waals surface area contributed by atoms with Gasteiger partial charge in [0.15, 0.2) is 0 Å². The van der Waals surface area contributed by atoms with Crippen molar-refractivity contribution in [2.24, 2.45) is 5.92 Å². The van der Waals surface area contributed by atoms with Gasteiger partial charge in [-0.2, -0.15) is 0 Å². The van der Waals surface area contributed by atoms with Gasteiger partial charge in [0.05, 0.1) is 19.1 Å². The van der Waals surface area contributed by atoms with Gasteiger partial charge in [0.1, 0.15) is 5.75 Å². The van der Waals surface area contributed by atoms with Gasteiger partial charge in [-0.25, -0.2) is 0 Å². The molecule has 1 aliphatic rings. The maximum Gasteiger partial charge on any atom is 0.225 e. The molecule has 0 aliphatic carbocycles. The van der Waals surface area contributed by atoms with Crippen LogP contribution in [0.15, 0.2) is 24.3 Å². The number of carbonyl (C=O) groups excluding carboxylic acids is 2. The molecule has 1 saturated heterocycles. The molecule has 0 unspecified atom stereocenters. The van der Waals surface area contributed by atoms with Gasteiger partial charge in [-0.3, -0.25) is 9.59 Å². The first-order valence-electron chi connectivity index (χ1n) is 7.25. The number of methoxy groups -OCH3 is 1. The number of benzene rings is 1. The zero-order valence-corrected chi connectivity index (χ0v) is 12.8. The summed E-state index contributed by atoms with van der Waals surface area (Å²) in [4.78, 5) is 26.0. The van der Waals surface area contributed by atoms with E-state index < -0.39 is 0 Å². The Hall–Kier alpha value is -2.04. The fourth-order valence-electron chi connectivity index (χ4n) is 2.88. The minimum Gasteiger partial charge on any atom is -0.497 e. The second kappa shape index (κ2) is 6.61. The van der Waals surface area contributed by atoms with Crippen LogP contribution in [-0.2, 0) is 9.59 Å². The maximum absolute atomic E-state index is 12.3. The summed E-state index contributed by atoms with van der Waals surface area (Å²) in [6.45, 7) is 2.50. The molecule has 0 radical (unpaired) electrons. The van der Waals surface area contributed by atoms with Gasteiger partial charge < -0.3 is 15.0 Å². The van der Waals surface area contributed by atoms with Crippen LogP contribution >= 0.6 is 0 Å². The summed E-state index contributed by atoms with van der Waals surface area (Å²) in [5.41, 5.74) is 0.961. The van der Waals surface area contributed by atoms with Crippen LogP contribution in [0.1, 0.15) is 31.4 Å². The normalized spacial score (nSPS) is 22.0. The first kappa shape index (κ1) is 15.4. The summed E-state index contributed by atoms with van der Waals surface area (Å²) in [6.07, 6.45) is 1.01. The number of carbonyl (C=O) groups is 2. The number of amides is 2. The van der Waals surface area contributed by atoms with Gasteiger partial charge in [0.2, 0.25) is 11.8 Å². The van der Waals surface area contributed by atoms with Gasteiger partial charge in [0.25, 0.3) is 0 Å². The minimum atomic E-state index is -0.219. The molecule has 1 fully saturated rings. The Balaban J connectivity index is 2.31. The van der Waals surface area contributed by atoms with Gasteiger partial charge in [-0.15, -0.1) is 0 Å². The van der Waals surface area contributed by atoms with Crippen molar-refractivity contribution in [1.29, 1.82) is 0 Å². The van der Waals surface area contributed by atoms with Crippen LogP contribution in [0, 0.1) is 5.92 Å². The highest BCUT2D eigenvalue weighted by molar-refractivity contribution is 5.84. The van der Waals surface area contributed by atoms with Crippen LogP contribution in [0.2, 0.25) is 0 Å². The van der Waals surface area contributed by atoms with Crippen LogP contribution in [0.4, 0.5) is 0 Å². The largest absolute Gasteiger partial charge is 0.497 e. The van der Waals surface area contributed by atoms with E-state index in [-0.39, 0.29) is 23.8 Å². The van der Waals surface area contributed by atoms with E-state index in [4.69, 9.17) is 4.74 Å². The molecule has 1 N–H and O–H groups in total. The van der Waals surface area contributed by atoms with Crippen molar-refractivity contribution in [2.75, 3.05) is 20.7 Å². The molecular formula is C16H22N2O3. The lowest BCUT2D eigenvalue weighted by Gasteiger charge is -2.38. The Morgan fingerprint density at radius 1 is 1.38 bits per heavy atom. The van der Waals surface area contributed by atoms with E-state index in [0.717, 1.165) is 11.3 Å². The molecule has 0 spiro atoms. The summed E-state index contributed by atoms with van der Waals surface area (Å²) in [5.74, 6) is 0.646. The van der Waals surface area contributed by atoms with E-state index in [0.29, 0.717) is 19.4 Å². The highest BCUT2D eigenvalue weighted by Gasteiger charge is 2.38. The summed E-state index contributed by atoms with van der Waals surface area (Å²) < 4.78 is 5.16. The molecule has 1 aromatic rings. The lowest BCUT2D eigenvalue weighted by atomic mass is 9.84. The lowest BCUT2D eigenvalue weighted by molar-refractivity contribution is -0.141. The standard InChI is InChI=1S/C16H22N2O3/c1-4-17-16(20)13-9-10-14(19)18(2)15(13)11-5-7-12(21-3)8-6-11/h5-8,13,15H,4,9-10H2,1-3H3,(H,17,20)/t13-,15+/m1/s1. The molecule has 5 nitrogen and oxygen atoms in total. The second-order valence-corrected chi connectivity index (χ2v) is 5.26. The smallest absolute Gasteiger partial charge is 0.225 e. The third kappa shape index (κ3) is 3.17. The SMILES string of the molecule is CCNC(=O)[C@@H]1CCC(=O)N(C)[C@H]1c1ccc(OC)cc1. The molecule has 0 bridgehead atoms. The molecule has 2 rings (SSSR count). The van der Waals surface area contributed by atoms with Crippen molar-refractivity contribution in [1.82, 2.24) is 10.2 Å². The number of rotatable bonds is 4. The molecule has 21 heavy (non-hydrogen) atoms. The number of nitrogens with zero attached hydrogens (tertiary/aromatic N) is 1. The predicted molar refractivity (Wildman–Crippen MR) is 79.9 cm³/mol. The van der Waals surface area contributed by atoms with Crippen molar-refractivity contribution in [3.8, 4) is 5.75 Å². The number of ether oxygens (including phenoxy) is 1. The van der Waals surface area contributed by atoms with Crippen molar-refractivity contribution in [3.63, 3.8) is 0 Å². The number of likely N-dealkylation sites (tertiary alicyclic amines) is 1. The van der Waals surface area contributed by atoms with Crippen molar-refractivity contribution in [2.45, 2.75) is 25.8 Å². The summed E-state index contributed by atoms with van der Waals surface area (Å²) in [7, 11) is 3.38. The molecule has 0 saturated carbocycles. The first-order valence-corrected chi connectivity index (χ1v) is 7.25. The highest BCUT2D eigenvalue weighted by Crippen LogP contribution is 2.36. The number of hydrogen-bond acceptors (Lipinski definition) is 3. The average Bonchev–Trinajstić information content (AvgIpc) is 2.50. The van der Waals surface area contributed by atoms with Crippen molar-refractivity contribution >= 4 is 11.8 Å². The average molecular weight is 290 g/mol. The molecule has 2 amide bonds. The van der Waals surface area contributed by atoms with Gasteiger partial charge in [0, 0.05) is 20.0 Å². The summed E-state index contributed by atoms with van der Waals surface area (Å²) >= 11 is 0. The quantitative estimate of drug-likeness (QED) is 0.919. The van der Waals surface area contributed by atoms with Gasteiger partial charge in [-0.05, 0) is 31.0 Å². The van der Waals surface area contributed by atoms with E-state index in [1.165, 1.54) is 0 Å². The Labute approximate surface area is 125 Å². The zero-order chi connectivity index (χ0) is 15.4. The van der Waals surface area contributed by atoms with Gasteiger partial charge in [-0.1, -0.05) is 12.1 Å². The minimum absolute atomic E-state index is 0.0117. The lowest BCUT2D eigenvalue weighted by Crippen LogP contribution is -2.46. The fraction of sp³-hybridized carbons (Fsp3) is 0.500. The Kier molecular flexibility index (Phi) is 4.83. The maximum atomic E-state index is 12.3. The fourth-order valence-corrected chi connectivity index (χ4v) is 2.88. The molecule has 1 aliphatic heterocycles.